The lowest BCUT2D eigenvalue weighted by Crippen LogP contribution is -2.31. The minimum atomic E-state index is -0.111. The highest BCUT2D eigenvalue weighted by Crippen LogP contribution is 2.22. The molecule has 1 N–H and O–H groups in total. The highest BCUT2D eigenvalue weighted by Gasteiger charge is 2.16. The first kappa shape index (κ1) is 13.0. The summed E-state index contributed by atoms with van der Waals surface area (Å²) in [7, 11) is 0. The number of carbonyl (C=O) groups is 1. The number of benzene rings is 1. The highest BCUT2D eigenvalue weighted by molar-refractivity contribution is 9.10. The lowest BCUT2D eigenvalue weighted by Gasteiger charge is -2.11. The summed E-state index contributed by atoms with van der Waals surface area (Å²) in [5, 5.41) is 11.8. The van der Waals surface area contributed by atoms with Gasteiger partial charge in [-0.1, -0.05) is 15.9 Å². The van der Waals surface area contributed by atoms with Crippen molar-refractivity contribution in [2.45, 2.75) is 26.8 Å². The number of amides is 1. The Labute approximate surface area is 114 Å². The molecule has 94 valence electrons. The van der Waals surface area contributed by atoms with E-state index < -0.39 is 0 Å². The second kappa shape index (κ2) is 5.02. The second-order valence-corrected chi connectivity index (χ2v) is 5.37. The maximum Gasteiger partial charge on any atom is 0.254 e. The Morgan fingerprint density at radius 3 is 2.72 bits per heavy atom. The van der Waals surface area contributed by atoms with E-state index in [0.717, 1.165) is 15.4 Å². The van der Waals surface area contributed by atoms with Crippen LogP contribution in [0.4, 0.5) is 0 Å². The summed E-state index contributed by atoms with van der Waals surface area (Å²) in [5.74, 6) is -0.111. The van der Waals surface area contributed by atoms with Gasteiger partial charge in [-0.2, -0.15) is 10.2 Å². The first-order valence-electron chi connectivity index (χ1n) is 5.72. The third-order valence-corrected chi connectivity index (χ3v) is 3.04. The molecule has 2 aromatic rings. The van der Waals surface area contributed by atoms with Gasteiger partial charge >= 0.3 is 0 Å². The Balaban J connectivity index is 2.63. The minimum Gasteiger partial charge on any atom is -0.350 e. The zero-order valence-corrected chi connectivity index (χ0v) is 12.1. The average molecular weight is 308 g/mol. The van der Waals surface area contributed by atoms with Gasteiger partial charge in [0.2, 0.25) is 0 Å². The van der Waals surface area contributed by atoms with Gasteiger partial charge in [0.05, 0.1) is 16.8 Å². The molecule has 0 spiro atoms. The van der Waals surface area contributed by atoms with Crippen LogP contribution in [0.5, 0.6) is 0 Å². The van der Waals surface area contributed by atoms with Gasteiger partial charge in [0.1, 0.15) is 0 Å². The molecule has 0 saturated carbocycles. The number of halogens is 1. The van der Waals surface area contributed by atoms with Crippen molar-refractivity contribution in [1.29, 1.82) is 0 Å². The first-order valence-corrected chi connectivity index (χ1v) is 6.51. The van der Waals surface area contributed by atoms with Crippen LogP contribution in [-0.4, -0.2) is 22.1 Å². The number of hydrogen-bond donors (Lipinski definition) is 1. The first-order chi connectivity index (χ1) is 8.49. The predicted octanol–water partition coefficient (Wildman–Crippen LogP) is 2.84. The molecular formula is C13H14BrN3O. The topological polar surface area (TPSA) is 54.9 Å². The van der Waals surface area contributed by atoms with Crippen LogP contribution >= 0.6 is 15.9 Å². The Morgan fingerprint density at radius 2 is 2.06 bits per heavy atom. The molecule has 1 aromatic heterocycles. The summed E-state index contributed by atoms with van der Waals surface area (Å²) in [5.41, 5.74) is 1.95. The van der Waals surface area contributed by atoms with Crippen molar-refractivity contribution in [1.82, 2.24) is 15.5 Å². The standard InChI is InChI=1S/C13H14BrN3O/c1-7(2)15-13(18)12-8(3)16-17-11-5-4-9(14)6-10(11)12/h4-7H,1-3H3,(H,15,18). The number of hydrogen-bond acceptors (Lipinski definition) is 3. The van der Waals surface area contributed by atoms with Gasteiger partial charge in [-0.3, -0.25) is 4.79 Å². The van der Waals surface area contributed by atoms with Crippen LogP contribution < -0.4 is 5.32 Å². The summed E-state index contributed by atoms with van der Waals surface area (Å²) >= 11 is 3.41. The summed E-state index contributed by atoms with van der Waals surface area (Å²) in [6.07, 6.45) is 0. The fourth-order valence-corrected chi connectivity index (χ4v) is 2.15. The van der Waals surface area contributed by atoms with E-state index in [2.05, 4.69) is 31.4 Å². The molecule has 0 aliphatic carbocycles. The Kier molecular flexibility index (Phi) is 3.61. The van der Waals surface area contributed by atoms with Crippen molar-refractivity contribution in [2.75, 3.05) is 0 Å². The normalized spacial score (nSPS) is 10.9. The molecule has 0 aliphatic rings. The van der Waals surface area contributed by atoms with E-state index >= 15 is 0 Å². The van der Waals surface area contributed by atoms with Gasteiger partial charge in [-0.05, 0) is 39.0 Å². The van der Waals surface area contributed by atoms with Gasteiger partial charge < -0.3 is 5.32 Å². The maximum absolute atomic E-state index is 12.2. The van der Waals surface area contributed by atoms with E-state index in [4.69, 9.17) is 0 Å². The number of rotatable bonds is 2. The zero-order valence-electron chi connectivity index (χ0n) is 10.5. The van der Waals surface area contributed by atoms with E-state index in [1.165, 1.54) is 0 Å². The summed E-state index contributed by atoms with van der Waals surface area (Å²) in [6.45, 7) is 5.66. The van der Waals surface area contributed by atoms with E-state index in [9.17, 15) is 4.79 Å². The lowest BCUT2D eigenvalue weighted by molar-refractivity contribution is 0.0943. The summed E-state index contributed by atoms with van der Waals surface area (Å²) in [6, 6.07) is 5.72. The second-order valence-electron chi connectivity index (χ2n) is 4.45. The van der Waals surface area contributed by atoms with E-state index in [1.807, 2.05) is 32.0 Å². The van der Waals surface area contributed by atoms with Crippen molar-refractivity contribution in [3.05, 3.63) is 33.9 Å². The number of carbonyl (C=O) groups excluding carboxylic acids is 1. The van der Waals surface area contributed by atoms with Crippen molar-refractivity contribution in [3.63, 3.8) is 0 Å². The fraction of sp³-hybridized carbons (Fsp3) is 0.308. The lowest BCUT2D eigenvalue weighted by atomic mass is 10.1. The van der Waals surface area contributed by atoms with Gasteiger partial charge in [-0.25, -0.2) is 0 Å². The molecule has 18 heavy (non-hydrogen) atoms. The molecule has 0 radical (unpaired) electrons. The van der Waals surface area contributed by atoms with Crippen LogP contribution in [0.25, 0.3) is 10.9 Å². The Bertz CT molecular complexity index is 605. The molecule has 1 aromatic carbocycles. The Morgan fingerprint density at radius 1 is 1.33 bits per heavy atom. The van der Waals surface area contributed by atoms with Crippen molar-refractivity contribution in [2.24, 2.45) is 0 Å². The molecule has 2 rings (SSSR count). The molecule has 0 bridgehead atoms. The smallest absolute Gasteiger partial charge is 0.254 e. The van der Waals surface area contributed by atoms with Gasteiger partial charge in [0.15, 0.2) is 0 Å². The quantitative estimate of drug-likeness (QED) is 0.928. The molecule has 0 atom stereocenters. The SMILES string of the molecule is Cc1nnc2ccc(Br)cc2c1C(=O)NC(C)C. The number of aryl methyl sites for hydroxylation is 1. The maximum atomic E-state index is 12.2. The zero-order chi connectivity index (χ0) is 13.3. The molecular weight excluding hydrogens is 294 g/mol. The molecule has 0 aliphatic heterocycles. The number of nitrogens with one attached hydrogen (secondary N) is 1. The van der Waals surface area contributed by atoms with Crippen LogP contribution in [0.3, 0.4) is 0 Å². The highest BCUT2D eigenvalue weighted by atomic mass is 79.9. The summed E-state index contributed by atoms with van der Waals surface area (Å²) in [4.78, 5) is 12.2. The molecule has 5 heteroatoms. The molecule has 4 nitrogen and oxygen atoms in total. The molecule has 1 amide bonds. The van der Waals surface area contributed by atoms with Crippen molar-refractivity contribution < 1.29 is 4.79 Å². The summed E-state index contributed by atoms with van der Waals surface area (Å²) < 4.78 is 0.918. The monoisotopic (exact) mass is 307 g/mol. The Hall–Kier alpha value is -1.49. The number of nitrogens with zero attached hydrogens (tertiary/aromatic N) is 2. The van der Waals surface area contributed by atoms with Gasteiger partial charge in [0.25, 0.3) is 5.91 Å². The number of aromatic nitrogens is 2. The van der Waals surface area contributed by atoms with Gasteiger partial charge in [0, 0.05) is 15.9 Å². The molecule has 0 unspecified atom stereocenters. The predicted molar refractivity (Wildman–Crippen MR) is 74.6 cm³/mol. The molecule has 1 heterocycles. The fourth-order valence-electron chi connectivity index (χ4n) is 1.79. The van der Waals surface area contributed by atoms with Crippen molar-refractivity contribution in [3.8, 4) is 0 Å². The minimum absolute atomic E-state index is 0.0901. The average Bonchev–Trinajstić information content (AvgIpc) is 2.27. The van der Waals surface area contributed by atoms with E-state index in [0.29, 0.717) is 11.3 Å². The molecule has 0 fully saturated rings. The van der Waals surface area contributed by atoms with Crippen LogP contribution in [-0.2, 0) is 0 Å². The largest absolute Gasteiger partial charge is 0.350 e. The van der Waals surface area contributed by atoms with E-state index in [-0.39, 0.29) is 11.9 Å². The van der Waals surface area contributed by atoms with Crippen LogP contribution in [0, 0.1) is 6.92 Å². The van der Waals surface area contributed by atoms with Crippen LogP contribution in [0.2, 0.25) is 0 Å². The molecule has 0 saturated heterocycles. The van der Waals surface area contributed by atoms with E-state index in [1.54, 1.807) is 6.92 Å². The van der Waals surface area contributed by atoms with Crippen molar-refractivity contribution >= 4 is 32.7 Å². The van der Waals surface area contributed by atoms with Crippen LogP contribution in [0.15, 0.2) is 22.7 Å². The number of fused-ring (bicyclic) bond motifs is 1. The van der Waals surface area contributed by atoms with Crippen LogP contribution in [0.1, 0.15) is 29.9 Å². The third-order valence-electron chi connectivity index (χ3n) is 2.54. The van der Waals surface area contributed by atoms with Gasteiger partial charge in [-0.15, -0.1) is 0 Å². The third kappa shape index (κ3) is 2.51.